The summed E-state index contributed by atoms with van der Waals surface area (Å²) in [6.45, 7) is 10.3. The predicted octanol–water partition coefficient (Wildman–Crippen LogP) is 4.24. The summed E-state index contributed by atoms with van der Waals surface area (Å²) < 4.78 is 5.09. The monoisotopic (exact) mass is 805 g/mol. The quantitative estimate of drug-likeness (QED) is 0.122. The number of nitrogens with one attached hydrogen (secondary N) is 1. The largest absolute Gasteiger partial charge is 2.00 e. The van der Waals surface area contributed by atoms with E-state index in [-0.39, 0.29) is 80.8 Å². The number of rotatable bonds is 11. The van der Waals surface area contributed by atoms with Gasteiger partial charge >= 0.3 is 32.4 Å². The van der Waals surface area contributed by atoms with Crippen LogP contribution in [0.4, 0.5) is 0 Å². The smallest absolute Gasteiger partial charge is 0.657 e. The Morgan fingerprint density at radius 1 is 0.923 bits per heavy atom. The molecule has 5 heterocycles. The van der Waals surface area contributed by atoms with E-state index in [4.69, 9.17) is 24.7 Å². The Hall–Kier alpha value is -4.22. The number of carboxylic acid groups (broad SMARTS) is 1. The van der Waals surface area contributed by atoms with Gasteiger partial charge in [0.15, 0.2) is 5.78 Å². The Labute approximate surface area is 315 Å². The summed E-state index contributed by atoms with van der Waals surface area (Å²) in [6, 6.07) is 5.49. The van der Waals surface area contributed by atoms with Crippen LogP contribution in [0.1, 0.15) is 131 Å². The van der Waals surface area contributed by atoms with E-state index in [1.807, 2.05) is 26.0 Å². The first kappa shape index (κ1) is 40.6. The Balaban J connectivity index is 0.00000605. The molecule has 3 unspecified atom stereocenters. The summed E-state index contributed by atoms with van der Waals surface area (Å²) in [5.74, 6) is -3.20. The van der Waals surface area contributed by atoms with Gasteiger partial charge in [-0.2, -0.15) is 0 Å². The number of fused-ring (bicyclic) bond motifs is 8. The number of aromatic nitrogens is 4. The van der Waals surface area contributed by atoms with Gasteiger partial charge in [-0.15, -0.1) is 22.1 Å². The Morgan fingerprint density at radius 3 is 2.13 bits per heavy atom. The zero-order valence-electron chi connectivity index (χ0n) is 30.3. The number of nitrogens with zero attached hydrogens (tertiary/aromatic N) is 4. The topological polar surface area (TPSA) is 204 Å². The molecule has 0 saturated heterocycles. The number of carboxylic acids is 1. The number of aliphatic hydroxyl groups excluding tert-OH is 2. The molecule has 1 amide bonds. The predicted molar refractivity (Wildman–Crippen MR) is 189 cm³/mol. The van der Waals surface area contributed by atoms with Crippen LogP contribution in [-0.2, 0) is 41.2 Å². The Kier molecular flexibility index (Phi) is 13.0. The van der Waals surface area contributed by atoms with Crippen molar-refractivity contribution < 1.29 is 59.7 Å². The number of hydrogen-bond acceptors (Lipinski definition) is 9. The number of ketones is 1. The maximum Gasteiger partial charge on any atom is 2.00 e. The molecular formula is C38H45N5O8Pd. The van der Waals surface area contributed by atoms with Gasteiger partial charge < -0.3 is 35.3 Å². The van der Waals surface area contributed by atoms with Gasteiger partial charge in [0, 0.05) is 70.5 Å². The van der Waals surface area contributed by atoms with Gasteiger partial charge in [0.05, 0.1) is 26.2 Å². The van der Waals surface area contributed by atoms with Crippen LogP contribution in [-0.4, -0.2) is 75.3 Å². The standard InChI is InChI=1S/C38H47N5O8.Pd/c1-8-23-17(2)26-14-31-34(21(6)45)19(4)28(41-31)12-27-18(3)24(9-10-32(47)48)36(42-27)25(11-33(49)51-7)37-35(38(50)39-15-22(46)16-44)20(5)29(43-37)13-30(23)40-26;/h12-14,17-18,22-24,44,46H,8-11,15-16H2,1-7H3,(H4,39,40,41,42,43,45,47,48,50);/q;+2/p-2/t17?,18?,22?,23-,24+;/m1./s1. The molecule has 0 aliphatic carbocycles. The molecule has 4 N–H and O–H groups in total. The average Bonchev–Trinajstić information content (AvgIpc) is 3.77. The molecule has 13 nitrogen and oxygen atoms in total. The van der Waals surface area contributed by atoms with Crippen LogP contribution in [0.5, 0.6) is 0 Å². The van der Waals surface area contributed by atoms with Crippen LogP contribution in [0.25, 0.3) is 22.1 Å². The first-order valence-corrected chi connectivity index (χ1v) is 17.2. The molecule has 0 saturated carbocycles. The molecule has 280 valence electrons. The molecule has 52 heavy (non-hydrogen) atoms. The summed E-state index contributed by atoms with van der Waals surface area (Å²) in [5, 5.41) is 31.8. The number of aliphatic carboxylic acids is 1. The van der Waals surface area contributed by atoms with Gasteiger partial charge in [-0.3, -0.25) is 29.1 Å². The molecule has 5 atom stereocenters. The third kappa shape index (κ3) is 7.90. The van der Waals surface area contributed by atoms with Crippen molar-refractivity contribution in [2.75, 3.05) is 20.3 Å². The third-order valence-electron chi connectivity index (χ3n) is 10.3. The number of methoxy groups -OCH3 is 1. The summed E-state index contributed by atoms with van der Waals surface area (Å²) >= 11 is 0. The molecule has 14 heteroatoms. The second-order valence-corrected chi connectivity index (χ2v) is 13.5. The van der Waals surface area contributed by atoms with Crippen molar-refractivity contribution in [2.45, 2.75) is 97.0 Å². The molecule has 2 aliphatic heterocycles. The number of carbonyl (C=O) groups excluding carboxylic acids is 3. The summed E-state index contributed by atoms with van der Waals surface area (Å²) in [4.78, 5) is 71.8. The fourth-order valence-corrected chi connectivity index (χ4v) is 7.33. The van der Waals surface area contributed by atoms with E-state index in [1.54, 1.807) is 13.0 Å². The van der Waals surface area contributed by atoms with E-state index >= 15 is 0 Å². The van der Waals surface area contributed by atoms with Crippen molar-refractivity contribution >= 4 is 45.7 Å². The number of carbonyl (C=O) groups is 4. The minimum atomic E-state index is -1.20. The Morgan fingerprint density at radius 2 is 1.52 bits per heavy atom. The van der Waals surface area contributed by atoms with E-state index in [0.717, 1.165) is 17.8 Å². The molecule has 0 spiro atoms. The Bertz CT molecular complexity index is 2050. The maximum absolute atomic E-state index is 13.9. The SMILES string of the molecule is CC[C@H]1c2cc3[n-]c(c(CC(=O)OC)c4nc(cc5[n-]c(cc(n2)C1C)c(C(C)=O)c5C)C(C)[C@@H]4CCC(=O)O)c(C(=O)NCC(O)CO)c3C.[Pd+2]. The van der Waals surface area contributed by atoms with E-state index in [9.17, 15) is 34.5 Å². The van der Waals surface area contributed by atoms with E-state index in [1.165, 1.54) is 14.0 Å². The second-order valence-electron chi connectivity index (χ2n) is 13.5. The number of aryl methyl sites for hydroxylation is 2. The van der Waals surface area contributed by atoms with Crippen molar-refractivity contribution in [2.24, 2.45) is 0 Å². The van der Waals surface area contributed by atoms with Crippen LogP contribution < -0.4 is 15.3 Å². The van der Waals surface area contributed by atoms with Crippen LogP contribution >= 0.6 is 0 Å². The van der Waals surface area contributed by atoms with Crippen molar-refractivity contribution in [3.8, 4) is 0 Å². The van der Waals surface area contributed by atoms with Crippen LogP contribution in [0.15, 0.2) is 18.2 Å². The number of hydrogen-bond donors (Lipinski definition) is 4. The van der Waals surface area contributed by atoms with Crippen LogP contribution in [0, 0.1) is 13.8 Å². The van der Waals surface area contributed by atoms with Crippen LogP contribution in [0.2, 0.25) is 0 Å². The van der Waals surface area contributed by atoms with Crippen molar-refractivity contribution in [1.82, 2.24) is 25.3 Å². The molecule has 0 aromatic carbocycles. The van der Waals surface area contributed by atoms with E-state index in [0.29, 0.717) is 50.2 Å². The van der Waals surface area contributed by atoms with Gasteiger partial charge in [-0.05, 0) is 39.2 Å². The number of esters is 1. The zero-order valence-corrected chi connectivity index (χ0v) is 31.9. The first-order valence-electron chi connectivity index (χ1n) is 17.2. The van der Waals surface area contributed by atoms with Gasteiger partial charge in [-0.1, -0.05) is 50.1 Å². The molecule has 3 aromatic heterocycles. The van der Waals surface area contributed by atoms with E-state index < -0.39 is 36.5 Å². The molecule has 0 radical (unpaired) electrons. The van der Waals surface area contributed by atoms with E-state index in [2.05, 4.69) is 19.2 Å². The fraction of sp³-hybridized carbons (Fsp3) is 0.474. The minimum Gasteiger partial charge on any atom is -0.657 e. The molecule has 2 aliphatic rings. The minimum absolute atomic E-state index is 0. The summed E-state index contributed by atoms with van der Waals surface area (Å²) in [5.41, 5.74) is 6.24. The first-order chi connectivity index (χ1) is 24.2. The summed E-state index contributed by atoms with van der Waals surface area (Å²) in [6.07, 6.45) is -0.770. The average molecular weight is 806 g/mol. The van der Waals surface area contributed by atoms with Gasteiger partial charge in [0.25, 0.3) is 0 Å². The van der Waals surface area contributed by atoms with Crippen LogP contribution in [0.3, 0.4) is 0 Å². The fourth-order valence-electron chi connectivity index (χ4n) is 7.33. The molecule has 5 rings (SSSR count). The normalized spacial score (nSPS) is 18.7. The van der Waals surface area contributed by atoms with Crippen molar-refractivity contribution in [3.63, 3.8) is 0 Å². The van der Waals surface area contributed by atoms with Gasteiger partial charge in [0.1, 0.15) is 0 Å². The molecule has 3 aromatic rings. The van der Waals surface area contributed by atoms with Gasteiger partial charge in [0.2, 0.25) is 5.91 Å². The second kappa shape index (κ2) is 16.6. The molecular weight excluding hydrogens is 761 g/mol. The molecule has 0 fully saturated rings. The van der Waals surface area contributed by atoms with Crippen molar-refractivity contribution in [3.05, 3.63) is 68.8 Å². The van der Waals surface area contributed by atoms with Crippen molar-refractivity contribution in [1.29, 1.82) is 0 Å². The summed E-state index contributed by atoms with van der Waals surface area (Å²) in [7, 11) is 1.25. The number of Topliss-reactive ketones (excluding diaryl/α,β-unsaturated/α-hetero) is 1. The maximum atomic E-state index is 13.9. The molecule has 8 bridgehead atoms. The zero-order chi connectivity index (χ0) is 37.3. The van der Waals surface area contributed by atoms with Gasteiger partial charge in [-0.25, -0.2) is 0 Å². The number of aliphatic hydroxyl groups is 2. The number of ether oxygens (including phenoxy) is 1. The third-order valence-corrected chi connectivity index (χ3v) is 10.3. The number of amides is 1.